The summed E-state index contributed by atoms with van der Waals surface area (Å²) in [7, 11) is 4.13. The molecule has 3 aromatic rings. The van der Waals surface area contributed by atoms with Gasteiger partial charge in [-0.2, -0.15) is 13.2 Å². The fourth-order valence-corrected chi connectivity index (χ4v) is 3.92. The molecule has 4 rings (SSSR count). The molecule has 3 heterocycles. The number of carbonyl (C=O) groups is 1. The Kier molecular flexibility index (Phi) is 6.05. The lowest BCUT2D eigenvalue weighted by Crippen LogP contribution is -2.31. The average molecular weight is 475 g/mol. The van der Waals surface area contributed by atoms with Gasteiger partial charge in [0.25, 0.3) is 0 Å². The van der Waals surface area contributed by atoms with Gasteiger partial charge >= 0.3 is 6.18 Å². The van der Waals surface area contributed by atoms with E-state index in [0.717, 1.165) is 31.4 Å². The van der Waals surface area contributed by atoms with Gasteiger partial charge in [0, 0.05) is 30.1 Å². The third-order valence-electron chi connectivity index (χ3n) is 6.07. The minimum atomic E-state index is -4.60. The van der Waals surface area contributed by atoms with Crippen LogP contribution in [0.1, 0.15) is 32.8 Å². The molecule has 1 amide bonds. The van der Waals surface area contributed by atoms with Crippen LogP contribution in [0.4, 0.5) is 24.7 Å². The molecule has 1 aromatic carbocycles. The maximum atomic E-state index is 13.6. The van der Waals surface area contributed by atoms with Gasteiger partial charge in [-0.15, -0.1) is 5.10 Å². The summed E-state index contributed by atoms with van der Waals surface area (Å²) in [5, 5.41) is 7.11. The van der Waals surface area contributed by atoms with Crippen molar-refractivity contribution in [3.05, 3.63) is 42.1 Å². The number of aromatic nitrogens is 3. The topological polar surface area (TPSA) is 65.8 Å². The number of anilines is 2. The number of benzene rings is 1. The second-order valence-corrected chi connectivity index (χ2v) is 9.93. The van der Waals surface area contributed by atoms with E-state index in [0.29, 0.717) is 22.9 Å². The summed E-state index contributed by atoms with van der Waals surface area (Å²) in [4.78, 5) is 21.4. The van der Waals surface area contributed by atoms with E-state index >= 15 is 0 Å². The Bertz CT molecular complexity index is 1210. The quantitative estimate of drug-likeness (QED) is 0.602. The number of imidazole rings is 1. The van der Waals surface area contributed by atoms with E-state index in [-0.39, 0.29) is 5.69 Å². The molecule has 2 aromatic heterocycles. The molecule has 34 heavy (non-hydrogen) atoms. The first-order chi connectivity index (χ1) is 15.8. The highest BCUT2D eigenvalue weighted by atomic mass is 19.4. The van der Waals surface area contributed by atoms with Gasteiger partial charge in [0.05, 0.1) is 23.1 Å². The van der Waals surface area contributed by atoms with E-state index in [1.165, 1.54) is 12.1 Å². The Balaban J connectivity index is 1.67. The predicted molar refractivity (Wildman–Crippen MR) is 126 cm³/mol. The number of hydrogen-bond donors (Lipinski definition) is 1. The van der Waals surface area contributed by atoms with Crippen LogP contribution in [0, 0.1) is 5.41 Å². The van der Waals surface area contributed by atoms with Crippen molar-refractivity contribution in [2.75, 3.05) is 37.4 Å². The zero-order valence-electron chi connectivity index (χ0n) is 19.9. The lowest BCUT2D eigenvalue weighted by atomic mass is 9.95. The lowest BCUT2D eigenvalue weighted by Gasteiger charge is -2.20. The van der Waals surface area contributed by atoms with E-state index in [9.17, 15) is 18.0 Å². The van der Waals surface area contributed by atoms with E-state index in [1.807, 2.05) is 12.1 Å². The number of hydrogen-bond acceptors (Lipinski definition) is 5. The number of carbonyl (C=O) groups excluding carboxylic acids is 1. The molecule has 182 valence electrons. The molecule has 1 atom stereocenters. The molecule has 7 nitrogen and oxygen atoms in total. The van der Waals surface area contributed by atoms with Gasteiger partial charge in [0.15, 0.2) is 5.65 Å². The molecule has 0 radical (unpaired) electrons. The molecule has 10 heteroatoms. The van der Waals surface area contributed by atoms with Gasteiger partial charge in [0.1, 0.15) is 5.82 Å². The zero-order valence-corrected chi connectivity index (χ0v) is 19.9. The summed E-state index contributed by atoms with van der Waals surface area (Å²) >= 11 is 0. The third kappa shape index (κ3) is 4.86. The maximum Gasteiger partial charge on any atom is 0.418 e. The van der Waals surface area contributed by atoms with Crippen molar-refractivity contribution >= 4 is 23.1 Å². The Morgan fingerprint density at radius 2 is 1.88 bits per heavy atom. The second-order valence-electron chi connectivity index (χ2n) is 9.93. The number of alkyl halides is 3. The van der Waals surface area contributed by atoms with Crippen molar-refractivity contribution in [2.45, 2.75) is 39.4 Å². The SMILES string of the molecule is CN(C)[C@@H]1CCN(c2ccc3nc(-c4ccc(C(F)(F)F)c(NC(=O)C(C)(C)C)c4)cn3n2)C1. The standard InChI is InChI=1S/C24H29F3N6O/c1-23(2,3)22(34)29-18-12-15(6-7-17(18)24(25,26)27)19-14-33-20(28-19)8-9-21(30-33)32-11-10-16(13-32)31(4)5/h6-9,12,14,16H,10-11,13H2,1-5H3,(H,29,34)/t16-/m1/s1. The summed E-state index contributed by atoms with van der Waals surface area (Å²) < 4.78 is 42.4. The number of nitrogens with zero attached hydrogens (tertiary/aromatic N) is 5. The van der Waals surface area contributed by atoms with Gasteiger partial charge in [-0.1, -0.05) is 26.8 Å². The predicted octanol–water partition coefficient (Wildman–Crippen LogP) is 4.54. The first kappa shape index (κ1) is 24.0. The van der Waals surface area contributed by atoms with Gasteiger partial charge in [0.2, 0.25) is 5.91 Å². The Morgan fingerprint density at radius 3 is 2.50 bits per heavy atom. The smallest absolute Gasteiger partial charge is 0.354 e. The highest BCUT2D eigenvalue weighted by Crippen LogP contribution is 2.38. The molecule has 0 bridgehead atoms. The van der Waals surface area contributed by atoms with E-state index in [4.69, 9.17) is 0 Å². The van der Waals surface area contributed by atoms with Crippen LogP contribution in [0.15, 0.2) is 36.5 Å². The van der Waals surface area contributed by atoms with Gasteiger partial charge < -0.3 is 15.1 Å². The number of likely N-dealkylation sites (N-methyl/N-ethyl adjacent to an activating group) is 1. The van der Waals surface area contributed by atoms with Crippen LogP contribution in [-0.4, -0.2) is 58.6 Å². The summed E-state index contributed by atoms with van der Waals surface area (Å²) in [5.74, 6) is 0.324. The molecular formula is C24H29F3N6O. The molecule has 1 aliphatic heterocycles. The molecule has 0 unspecified atom stereocenters. The second kappa shape index (κ2) is 8.57. The van der Waals surface area contributed by atoms with Gasteiger partial charge in [-0.05, 0) is 44.8 Å². The number of nitrogens with one attached hydrogen (secondary N) is 1. The van der Waals surface area contributed by atoms with Gasteiger partial charge in [-0.25, -0.2) is 9.50 Å². The lowest BCUT2D eigenvalue weighted by molar-refractivity contribution is -0.137. The molecule has 0 spiro atoms. The Morgan fingerprint density at radius 1 is 1.15 bits per heavy atom. The molecule has 1 aliphatic rings. The first-order valence-corrected chi connectivity index (χ1v) is 11.1. The van der Waals surface area contributed by atoms with Crippen molar-refractivity contribution in [3.63, 3.8) is 0 Å². The van der Waals surface area contributed by atoms with Crippen LogP contribution >= 0.6 is 0 Å². The van der Waals surface area contributed by atoms with E-state index in [2.05, 4.69) is 39.3 Å². The zero-order chi connectivity index (χ0) is 24.8. The largest absolute Gasteiger partial charge is 0.418 e. The van der Waals surface area contributed by atoms with Crippen molar-refractivity contribution in [3.8, 4) is 11.3 Å². The Labute approximate surface area is 196 Å². The van der Waals surface area contributed by atoms with Crippen LogP contribution in [0.5, 0.6) is 0 Å². The van der Waals surface area contributed by atoms with Crippen LogP contribution in [-0.2, 0) is 11.0 Å². The molecule has 1 fully saturated rings. The summed E-state index contributed by atoms with van der Waals surface area (Å²) in [5.41, 5.74) is -0.522. The van der Waals surface area contributed by atoms with Crippen molar-refractivity contribution in [1.29, 1.82) is 0 Å². The summed E-state index contributed by atoms with van der Waals surface area (Å²) in [6.07, 6.45) is -1.86. The first-order valence-electron chi connectivity index (χ1n) is 11.1. The average Bonchev–Trinajstić information content (AvgIpc) is 3.39. The monoisotopic (exact) mass is 474 g/mol. The van der Waals surface area contributed by atoms with Crippen LogP contribution < -0.4 is 10.2 Å². The van der Waals surface area contributed by atoms with Crippen molar-refractivity contribution in [2.24, 2.45) is 5.41 Å². The summed E-state index contributed by atoms with van der Waals surface area (Å²) in [6.45, 7) is 6.71. The van der Waals surface area contributed by atoms with Crippen molar-refractivity contribution < 1.29 is 18.0 Å². The minimum absolute atomic E-state index is 0.289. The molecule has 0 saturated carbocycles. The fraction of sp³-hybridized carbons (Fsp3) is 0.458. The highest BCUT2D eigenvalue weighted by Gasteiger charge is 2.35. The number of halogens is 3. The normalized spacial score (nSPS) is 17.1. The van der Waals surface area contributed by atoms with E-state index in [1.54, 1.807) is 31.5 Å². The molecule has 0 aliphatic carbocycles. The fourth-order valence-electron chi connectivity index (χ4n) is 3.92. The number of fused-ring (bicyclic) bond motifs is 1. The van der Waals surface area contributed by atoms with Crippen LogP contribution in [0.3, 0.4) is 0 Å². The number of rotatable bonds is 4. The van der Waals surface area contributed by atoms with Gasteiger partial charge in [-0.3, -0.25) is 4.79 Å². The molecular weight excluding hydrogens is 445 g/mol. The van der Waals surface area contributed by atoms with E-state index < -0.39 is 23.1 Å². The highest BCUT2D eigenvalue weighted by molar-refractivity contribution is 5.96. The van der Waals surface area contributed by atoms with Crippen LogP contribution in [0.2, 0.25) is 0 Å². The minimum Gasteiger partial charge on any atom is -0.354 e. The Hall–Kier alpha value is -3.14. The molecule has 1 N–H and O–H groups in total. The maximum absolute atomic E-state index is 13.6. The third-order valence-corrected chi connectivity index (χ3v) is 6.07. The summed E-state index contributed by atoms with van der Waals surface area (Å²) in [6, 6.07) is 7.87. The van der Waals surface area contributed by atoms with Crippen LogP contribution in [0.25, 0.3) is 16.9 Å². The number of amides is 1. The van der Waals surface area contributed by atoms with Crippen molar-refractivity contribution in [1.82, 2.24) is 19.5 Å². The molecule has 1 saturated heterocycles.